The second-order valence-corrected chi connectivity index (χ2v) is 12.2. The quantitative estimate of drug-likeness (QED) is 0.358. The third-order valence-electron chi connectivity index (χ3n) is 8.59. The summed E-state index contributed by atoms with van der Waals surface area (Å²) in [5.74, 6) is 1.30. The van der Waals surface area contributed by atoms with Crippen LogP contribution in [0.5, 0.6) is 0 Å². The highest BCUT2D eigenvalue weighted by Gasteiger charge is 2.42. The van der Waals surface area contributed by atoms with Crippen LogP contribution in [-0.2, 0) is 4.79 Å². The van der Waals surface area contributed by atoms with E-state index in [-0.39, 0.29) is 0 Å². The van der Waals surface area contributed by atoms with Gasteiger partial charge in [-0.15, -0.1) is 11.3 Å². The molecule has 0 radical (unpaired) electrons. The number of aryl methyl sites for hydroxylation is 2. The number of thiophene rings is 1. The molecule has 0 amide bonds. The number of aromatic amines is 1. The van der Waals surface area contributed by atoms with E-state index in [0.717, 1.165) is 5.65 Å². The number of fused-ring (bicyclic) bond motifs is 4. The van der Waals surface area contributed by atoms with Gasteiger partial charge in [-0.2, -0.15) is 5.10 Å². The molecule has 3 atom stereocenters. The third kappa shape index (κ3) is 3.50. The number of nitrogens with zero attached hydrogens (tertiary/aromatic N) is 4. The van der Waals surface area contributed by atoms with Gasteiger partial charge in [0.15, 0.2) is 5.65 Å². The third-order valence-corrected chi connectivity index (χ3v) is 9.96. The number of carbonyl (C=O) groups is 1. The van der Waals surface area contributed by atoms with Gasteiger partial charge in [0.2, 0.25) is 0 Å². The van der Waals surface area contributed by atoms with Gasteiger partial charge in [-0.3, -0.25) is 9.69 Å². The maximum Gasteiger partial charge on any atom is 0.158 e. The number of hydrogen-bond donors (Lipinski definition) is 1. The first-order chi connectivity index (χ1) is 16.7. The Bertz CT molecular complexity index is 1440. The number of H-pyrrole nitrogens is 1. The lowest BCUT2D eigenvalue weighted by Gasteiger charge is -2.38. The Kier molecular flexibility index (Phi) is 5.42. The molecule has 4 aromatic heterocycles. The van der Waals surface area contributed by atoms with Crippen molar-refractivity contribution >= 4 is 33.0 Å². The minimum atomic E-state index is 0.296. The maximum atomic E-state index is 11.8. The SMILES string of the molecule is CC(=O)CN1[C@@H]2CC[C@H]1CC(c1sc3[nH]c(-c4cn5ncnc5c(C)c4C)c(C(C)C)c3c1C)C2. The maximum absolute atomic E-state index is 11.8. The van der Waals surface area contributed by atoms with E-state index >= 15 is 0 Å². The van der Waals surface area contributed by atoms with E-state index < -0.39 is 0 Å². The van der Waals surface area contributed by atoms with Crippen molar-refractivity contribution in [2.24, 2.45) is 0 Å². The van der Waals surface area contributed by atoms with Crippen LogP contribution >= 0.6 is 11.3 Å². The molecule has 2 aliphatic rings. The first kappa shape index (κ1) is 22.9. The summed E-state index contributed by atoms with van der Waals surface area (Å²) in [4.78, 5) is 25.5. The van der Waals surface area contributed by atoms with Crippen molar-refractivity contribution in [2.75, 3.05) is 6.54 Å². The molecular formula is C28H35N5OS. The van der Waals surface area contributed by atoms with E-state index in [1.165, 1.54) is 69.4 Å². The fraction of sp³-hybridized carbons (Fsp3) is 0.536. The van der Waals surface area contributed by atoms with E-state index in [2.05, 4.69) is 60.8 Å². The molecule has 0 aliphatic carbocycles. The summed E-state index contributed by atoms with van der Waals surface area (Å²) >= 11 is 1.96. The van der Waals surface area contributed by atoms with Gasteiger partial charge in [-0.05, 0) is 87.5 Å². The molecular weight excluding hydrogens is 454 g/mol. The van der Waals surface area contributed by atoms with E-state index in [4.69, 9.17) is 0 Å². The highest BCUT2D eigenvalue weighted by molar-refractivity contribution is 7.19. The minimum Gasteiger partial charge on any atom is -0.346 e. The van der Waals surface area contributed by atoms with Crippen LogP contribution in [0.15, 0.2) is 12.5 Å². The molecule has 2 aliphatic heterocycles. The fourth-order valence-electron chi connectivity index (χ4n) is 6.89. The highest BCUT2D eigenvalue weighted by Crippen LogP contribution is 2.50. The summed E-state index contributed by atoms with van der Waals surface area (Å²) in [5, 5.41) is 5.85. The Hall–Kier alpha value is -2.51. The van der Waals surface area contributed by atoms with Gasteiger partial charge < -0.3 is 4.98 Å². The zero-order chi connectivity index (χ0) is 24.6. The molecule has 0 saturated carbocycles. The second kappa shape index (κ2) is 8.27. The summed E-state index contributed by atoms with van der Waals surface area (Å²) in [6.07, 6.45) is 8.60. The highest BCUT2D eigenvalue weighted by atomic mass is 32.1. The van der Waals surface area contributed by atoms with Crippen LogP contribution < -0.4 is 0 Å². The number of nitrogens with one attached hydrogen (secondary N) is 1. The van der Waals surface area contributed by atoms with Gasteiger partial charge in [0.1, 0.15) is 16.9 Å². The van der Waals surface area contributed by atoms with Crippen molar-refractivity contribution in [3.05, 3.63) is 39.7 Å². The summed E-state index contributed by atoms with van der Waals surface area (Å²) in [6.45, 7) is 13.6. The molecule has 6 rings (SSSR count). The Morgan fingerprint density at radius 1 is 1.14 bits per heavy atom. The molecule has 184 valence electrons. The molecule has 4 aromatic rings. The molecule has 6 heterocycles. The number of hydrogen-bond acceptors (Lipinski definition) is 5. The molecule has 0 aromatic carbocycles. The van der Waals surface area contributed by atoms with Gasteiger partial charge in [-0.25, -0.2) is 9.50 Å². The van der Waals surface area contributed by atoms with Crippen LogP contribution in [0.4, 0.5) is 0 Å². The molecule has 35 heavy (non-hydrogen) atoms. The number of piperidine rings is 1. The van der Waals surface area contributed by atoms with Crippen molar-refractivity contribution in [1.82, 2.24) is 24.5 Å². The van der Waals surface area contributed by atoms with Crippen LogP contribution in [0.1, 0.15) is 85.4 Å². The molecule has 6 nitrogen and oxygen atoms in total. The molecule has 2 fully saturated rings. The number of ketones is 1. The summed E-state index contributed by atoms with van der Waals surface area (Å²) in [7, 11) is 0. The van der Waals surface area contributed by atoms with Crippen LogP contribution in [0.2, 0.25) is 0 Å². The molecule has 1 N–H and O–H groups in total. The Morgan fingerprint density at radius 3 is 2.51 bits per heavy atom. The van der Waals surface area contributed by atoms with Gasteiger partial charge in [-0.1, -0.05) is 13.8 Å². The van der Waals surface area contributed by atoms with E-state index in [1.807, 2.05) is 15.9 Å². The molecule has 2 saturated heterocycles. The number of Topliss-reactive ketones (excluding diaryl/α,β-unsaturated/α-hetero) is 1. The average molecular weight is 490 g/mol. The van der Waals surface area contributed by atoms with Crippen molar-refractivity contribution in [3.8, 4) is 11.3 Å². The summed E-state index contributed by atoms with van der Waals surface area (Å²) in [6, 6.07) is 1.12. The van der Waals surface area contributed by atoms with Crippen LogP contribution in [0, 0.1) is 20.8 Å². The zero-order valence-corrected chi connectivity index (χ0v) is 22.4. The average Bonchev–Trinajstić information content (AvgIpc) is 3.53. The van der Waals surface area contributed by atoms with Crippen LogP contribution in [0.25, 0.3) is 27.1 Å². The van der Waals surface area contributed by atoms with Gasteiger partial charge >= 0.3 is 0 Å². The van der Waals surface area contributed by atoms with Crippen molar-refractivity contribution in [2.45, 2.75) is 91.1 Å². The van der Waals surface area contributed by atoms with Crippen molar-refractivity contribution < 1.29 is 4.79 Å². The van der Waals surface area contributed by atoms with Gasteiger partial charge in [0.05, 0.1) is 12.2 Å². The lowest BCUT2D eigenvalue weighted by Crippen LogP contribution is -2.44. The van der Waals surface area contributed by atoms with E-state index in [1.54, 1.807) is 18.1 Å². The standard InChI is InChI=1S/C28H35N5OS/c1-14(2)23-24-18(6)26(19-9-20-7-8-21(10-19)32(20)11-15(3)34)35-28(24)31-25(23)22-12-33-27(29-13-30-33)17(5)16(22)4/h12-14,19-21,31H,7-11H2,1-6H3/t19?,20-,21+. The molecule has 1 unspecified atom stereocenters. The van der Waals surface area contributed by atoms with Crippen LogP contribution in [0.3, 0.4) is 0 Å². The topological polar surface area (TPSA) is 66.3 Å². The number of aromatic nitrogens is 4. The fourth-order valence-corrected chi connectivity index (χ4v) is 8.24. The Morgan fingerprint density at radius 2 is 1.86 bits per heavy atom. The van der Waals surface area contributed by atoms with Gasteiger partial charge in [0.25, 0.3) is 0 Å². The number of pyridine rings is 1. The van der Waals surface area contributed by atoms with Crippen molar-refractivity contribution in [1.29, 1.82) is 0 Å². The molecule has 0 spiro atoms. The predicted molar refractivity (Wildman–Crippen MR) is 143 cm³/mol. The van der Waals surface area contributed by atoms with Crippen molar-refractivity contribution in [3.63, 3.8) is 0 Å². The monoisotopic (exact) mass is 489 g/mol. The molecule has 7 heteroatoms. The van der Waals surface area contributed by atoms with E-state index in [9.17, 15) is 4.79 Å². The zero-order valence-electron chi connectivity index (χ0n) is 21.6. The lowest BCUT2D eigenvalue weighted by atomic mass is 9.86. The second-order valence-electron chi connectivity index (χ2n) is 11.1. The first-order valence-corrected chi connectivity index (χ1v) is 13.8. The Labute approximate surface area is 210 Å². The van der Waals surface area contributed by atoms with E-state index in [0.29, 0.717) is 36.2 Å². The molecule has 2 bridgehead atoms. The normalized spacial score (nSPS) is 22.8. The summed E-state index contributed by atoms with van der Waals surface area (Å²) in [5.41, 5.74) is 8.67. The number of rotatable bonds is 5. The number of carbonyl (C=O) groups excluding carboxylic acids is 1. The smallest absolute Gasteiger partial charge is 0.158 e. The minimum absolute atomic E-state index is 0.296. The van der Waals surface area contributed by atoms with Gasteiger partial charge in [0, 0.05) is 34.1 Å². The first-order valence-electron chi connectivity index (χ1n) is 12.9. The lowest BCUT2D eigenvalue weighted by molar-refractivity contribution is -0.119. The largest absolute Gasteiger partial charge is 0.346 e. The summed E-state index contributed by atoms with van der Waals surface area (Å²) < 4.78 is 1.90. The van der Waals surface area contributed by atoms with Crippen LogP contribution in [-0.4, -0.2) is 48.9 Å². The predicted octanol–water partition coefficient (Wildman–Crippen LogP) is 6.29. The Balaban J connectivity index is 1.43.